The summed E-state index contributed by atoms with van der Waals surface area (Å²) in [5.74, 6) is 1.38. The molecule has 0 aromatic carbocycles. The summed E-state index contributed by atoms with van der Waals surface area (Å²) in [6.45, 7) is 9.93. The van der Waals surface area contributed by atoms with Gasteiger partial charge in [0.05, 0.1) is 0 Å². The van der Waals surface area contributed by atoms with Gasteiger partial charge < -0.3 is 5.73 Å². The van der Waals surface area contributed by atoms with Crippen LogP contribution in [0.4, 0.5) is 5.95 Å². The van der Waals surface area contributed by atoms with Crippen LogP contribution in [-0.4, -0.2) is 21.0 Å². The lowest BCUT2D eigenvalue weighted by atomic mass is 9.76. The average molecular weight is 238 g/mol. The van der Waals surface area contributed by atoms with Gasteiger partial charge in [-0.1, -0.05) is 34.6 Å². The second-order valence-corrected chi connectivity index (χ2v) is 5.81. The molecule has 1 rings (SSSR count). The van der Waals surface area contributed by atoms with E-state index in [0.717, 1.165) is 0 Å². The fourth-order valence-corrected chi connectivity index (χ4v) is 1.80. The molecule has 0 fully saturated rings. The van der Waals surface area contributed by atoms with Crippen molar-refractivity contribution in [3.8, 4) is 0 Å². The second-order valence-electron chi connectivity index (χ2n) is 5.81. The first-order valence-corrected chi connectivity index (χ1v) is 5.93. The molecule has 1 aromatic heterocycles. The van der Waals surface area contributed by atoms with Crippen LogP contribution in [0.1, 0.15) is 40.4 Å². The number of carbonyl (C=O) groups is 1. The van der Waals surface area contributed by atoms with Gasteiger partial charge >= 0.3 is 0 Å². The van der Waals surface area contributed by atoms with Crippen molar-refractivity contribution in [3.63, 3.8) is 0 Å². The average Bonchev–Trinajstić information content (AvgIpc) is 2.57. The lowest BCUT2D eigenvalue weighted by molar-refractivity contribution is -0.131. The van der Waals surface area contributed by atoms with Gasteiger partial charge in [-0.15, -0.1) is 5.10 Å². The van der Waals surface area contributed by atoms with Crippen molar-refractivity contribution in [1.29, 1.82) is 0 Å². The van der Waals surface area contributed by atoms with Crippen molar-refractivity contribution in [2.75, 3.05) is 5.73 Å². The Hall–Kier alpha value is -1.39. The molecule has 0 amide bonds. The monoisotopic (exact) mass is 238 g/mol. The topological polar surface area (TPSA) is 84.7 Å². The van der Waals surface area contributed by atoms with E-state index in [2.05, 4.69) is 15.2 Å². The number of ketones is 1. The van der Waals surface area contributed by atoms with E-state index in [-0.39, 0.29) is 29.0 Å². The van der Waals surface area contributed by atoms with Crippen molar-refractivity contribution in [2.24, 2.45) is 17.3 Å². The Balaban J connectivity index is 2.84. The zero-order chi connectivity index (χ0) is 13.2. The first-order chi connectivity index (χ1) is 7.71. The molecule has 0 spiro atoms. The maximum Gasteiger partial charge on any atom is 0.239 e. The predicted molar refractivity (Wildman–Crippen MR) is 67.3 cm³/mol. The van der Waals surface area contributed by atoms with Crippen LogP contribution in [0.3, 0.4) is 0 Å². The van der Waals surface area contributed by atoms with Crippen molar-refractivity contribution < 1.29 is 4.79 Å². The van der Waals surface area contributed by atoms with Gasteiger partial charge in [0, 0.05) is 17.8 Å². The summed E-state index contributed by atoms with van der Waals surface area (Å²) >= 11 is 0. The summed E-state index contributed by atoms with van der Waals surface area (Å²) in [6, 6.07) is 0. The summed E-state index contributed by atoms with van der Waals surface area (Å²) < 4.78 is 0. The third kappa shape index (κ3) is 3.54. The number of rotatable bonds is 4. The highest BCUT2D eigenvalue weighted by Crippen LogP contribution is 2.27. The summed E-state index contributed by atoms with van der Waals surface area (Å²) in [5, 5.41) is 6.54. The van der Waals surface area contributed by atoms with Gasteiger partial charge in [0.2, 0.25) is 5.95 Å². The van der Waals surface area contributed by atoms with Crippen LogP contribution < -0.4 is 5.73 Å². The van der Waals surface area contributed by atoms with E-state index in [4.69, 9.17) is 5.73 Å². The van der Waals surface area contributed by atoms with Crippen LogP contribution in [0.5, 0.6) is 0 Å². The summed E-state index contributed by atoms with van der Waals surface area (Å²) in [5.41, 5.74) is 5.12. The molecule has 0 aliphatic rings. The number of nitrogen functional groups attached to an aromatic ring is 1. The van der Waals surface area contributed by atoms with E-state index >= 15 is 0 Å². The number of H-pyrrole nitrogens is 1. The largest absolute Gasteiger partial charge is 0.367 e. The number of nitrogens with one attached hydrogen (secondary N) is 1. The van der Waals surface area contributed by atoms with Gasteiger partial charge in [-0.05, 0) is 5.92 Å². The zero-order valence-electron chi connectivity index (χ0n) is 11.2. The van der Waals surface area contributed by atoms with Crippen molar-refractivity contribution in [1.82, 2.24) is 15.2 Å². The number of nitrogens with zero attached hydrogens (tertiary/aromatic N) is 2. The van der Waals surface area contributed by atoms with E-state index in [1.54, 1.807) is 0 Å². The molecular weight excluding hydrogens is 216 g/mol. The number of anilines is 1. The quantitative estimate of drug-likeness (QED) is 0.837. The van der Waals surface area contributed by atoms with Crippen LogP contribution in [0.15, 0.2) is 0 Å². The van der Waals surface area contributed by atoms with Gasteiger partial charge in [0.25, 0.3) is 0 Å². The molecule has 0 saturated heterocycles. The molecule has 96 valence electrons. The molecule has 5 heteroatoms. The highest BCUT2D eigenvalue weighted by molar-refractivity contribution is 5.86. The van der Waals surface area contributed by atoms with Crippen LogP contribution in [0.2, 0.25) is 0 Å². The van der Waals surface area contributed by atoms with Crippen LogP contribution in [0.25, 0.3) is 0 Å². The summed E-state index contributed by atoms with van der Waals surface area (Å²) in [6.07, 6.45) is 0.567. The molecule has 0 aliphatic heterocycles. The maximum absolute atomic E-state index is 12.3. The lowest BCUT2D eigenvalue weighted by Crippen LogP contribution is -2.33. The van der Waals surface area contributed by atoms with E-state index in [1.165, 1.54) is 0 Å². The molecule has 3 N–H and O–H groups in total. The molecule has 1 atom stereocenters. The Labute approximate surface area is 102 Å². The van der Waals surface area contributed by atoms with Crippen molar-refractivity contribution in [2.45, 2.75) is 41.0 Å². The Morgan fingerprint density at radius 3 is 2.35 bits per heavy atom. The van der Waals surface area contributed by atoms with E-state index in [1.807, 2.05) is 34.6 Å². The maximum atomic E-state index is 12.3. The third-order valence-corrected chi connectivity index (χ3v) is 2.84. The second kappa shape index (κ2) is 4.85. The number of hydrogen-bond acceptors (Lipinski definition) is 4. The number of nitrogens with two attached hydrogens (primary N) is 1. The first kappa shape index (κ1) is 13.7. The van der Waals surface area contributed by atoms with Gasteiger partial charge in [-0.25, -0.2) is 0 Å². The highest BCUT2D eigenvalue weighted by atomic mass is 16.1. The molecule has 1 heterocycles. The van der Waals surface area contributed by atoms with Gasteiger partial charge in [-0.3, -0.25) is 9.89 Å². The summed E-state index contributed by atoms with van der Waals surface area (Å²) in [7, 11) is 0. The molecular formula is C12H22N4O. The third-order valence-electron chi connectivity index (χ3n) is 2.84. The van der Waals surface area contributed by atoms with Gasteiger partial charge in [-0.2, -0.15) is 4.98 Å². The number of Topliss-reactive ketones (excluding diaryl/α,β-unsaturated/α-hetero) is 1. The molecule has 0 saturated carbocycles. The Morgan fingerprint density at radius 2 is 2.00 bits per heavy atom. The minimum Gasteiger partial charge on any atom is -0.367 e. The molecule has 0 unspecified atom stereocenters. The smallest absolute Gasteiger partial charge is 0.239 e. The fraction of sp³-hybridized carbons (Fsp3) is 0.750. The normalized spacial score (nSPS) is 14.0. The SMILES string of the molecule is CC(C)[C@H](Cc1nc(N)n[nH]1)C(=O)C(C)(C)C. The number of aromatic amines is 1. The molecule has 0 radical (unpaired) electrons. The number of hydrogen-bond donors (Lipinski definition) is 2. The molecule has 1 aromatic rings. The summed E-state index contributed by atoms with van der Waals surface area (Å²) in [4.78, 5) is 16.4. The van der Waals surface area contributed by atoms with Crippen LogP contribution in [0, 0.1) is 17.3 Å². The lowest BCUT2D eigenvalue weighted by Gasteiger charge is -2.26. The van der Waals surface area contributed by atoms with Gasteiger partial charge in [0.1, 0.15) is 11.6 Å². The molecule has 0 bridgehead atoms. The highest BCUT2D eigenvalue weighted by Gasteiger charge is 2.32. The molecule has 0 aliphatic carbocycles. The van der Waals surface area contributed by atoms with Crippen LogP contribution >= 0.6 is 0 Å². The fourth-order valence-electron chi connectivity index (χ4n) is 1.80. The Morgan fingerprint density at radius 1 is 1.41 bits per heavy atom. The Kier molecular flexibility index (Phi) is 3.91. The first-order valence-electron chi connectivity index (χ1n) is 5.93. The van der Waals surface area contributed by atoms with E-state index in [9.17, 15) is 4.79 Å². The molecule has 17 heavy (non-hydrogen) atoms. The van der Waals surface area contributed by atoms with Crippen molar-refractivity contribution in [3.05, 3.63) is 5.82 Å². The number of carbonyl (C=O) groups excluding carboxylic acids is 1. The number of aromatic nitrogens is 3. The predicted octanol–water partition coefficient (Wildman–Crippen LogP) is 1.82. The van der Waals surface area contributed by atoms with E-state index in [0.29, 0.717) is 12.2 Å². The zero-order valence-corrected chi connectivity index (χ0v) is 11.2. The Bertz CT molecular complexity index is 389. The van der Waals surface area contributed by atoms with E-state index < -0.39 is 0 Å². The minimum atomic E-state index is -0.333. The van der Waals surface area contributed by atoms with Gasteiger partial charge in [0.15, 0.2) is 0 Å². The molecule has 5 nitrogen and oxygen atoms in total. The standard InChI is InChI=1S/C12H22N4O/c1-7(2)8(10(17)12(3,4)5)6-9-14-11(13)16-15-9/h7-8H,6H2,1-5H3,(H3,13,14,15,16)/t8-/m0/s1. The minimum absolute atomic E-state index is 0.0534. The van der Waals surface area contributed by atoms with Crippen molar-refractivity contribution >= 4 is 11.7 Å². The van der Waals surface area contributed by atoms with Crippen LogP contribution in [-0.2, 0) is 11.2 Å².